The number of hydrogen-bond acceptors (Lipinski definition) is 3. The minimum absolute atomic E-state index is 0.258. The van der Waals surface area contributed by atoms with Crippen LogP contribution in [0.25, 0.3) is 0 Å². The van der Waals surface area contributed by atoms with Crippen LogP contribution in [0, 0.1) is 5.92 Å². The van der Waals surface area contributed by atoms with Gasteiger partial charge in [-0.15, -0.1) is 11.6 Å². The van der Waals surface area contributed by atoms with Gasteiger partial charge in [0.2, 0.25) is 10.0 Å². The fraction of sp³-hybridized carbons (Fsp3) is 0.571. The Labute approximate surface area is 125 Å². The van der Waals surface area contributed by atoms with Crippen LogP contribution in [-0.4, -0.2) is 43.4 Å². The predicted molar refractivity (Wildman–Crippen MR) is 79.4 cm³/mol. The van der Waals surface area contributed by atoms with Gasteiger partial charge in [-0.05, 0) is 42.9 Å². The van der Waals surface area contributed by atoms with Crippen LogP contribution in [0.5, 0.6) is 0 Å². The summed E-state index contributed by atoms with van der Waals surface area (Å²) in [5.74, 6) is 0.788. The van der Waals surface area contributed by atoms with Crippen molar-refractivity contribution in [1.82, 2.24) is 4.31 Å². The topological polar surface area (TPSA) is 57.6 Å². The van der Waals surface area contributed by atoms with Crippen molar-refractivity contribution < 1.29 is 13.5 Å². The molecule has 0 bridgehead atoms. The van der Waals surface area contributed by atoms with Gasteiger partial charge in [0.1, 0.15) is 0 Å². The van der Waals surface area contributed by atoms with Gasteiger partial charge in [-0.2, -0.15) is 0 Å². The number of benzene rings is 1. The number of aryl methyl sites for hydroxylation is 1. The van der Waals surface area contributed by atoms with Gasteiger partial charge in [0.25, 0.3) is 0 Å². The van der Waals surface area contributed by atoms with E-state index in [0.29, 0.717) is 30.2 Å². The number of aliphatic hydroxyl groups excluding tert-OH is 1. The highest BCUT2D eigenvalue weighted by atomic mass is 35.5. The molecule has 0 radical (unpaired) electrons. The van der Waals surface area contributed by atoms with E-state index in [1.165, 1.54) is 4.31 Å². The Kier molecular flexibility index (Phi) is 5.07. The number of alkyl halides is 1. The lowest BCUT2D eigenvalue weighted by Crippen LogP contribution is -2.39. The molecule has 0 atom stereocenters. The highest BCUT2D eigenvalue weighted by Gasteiger charge is 2.31. The van der Waals surface area contributed by atoms with Gasteiger partial charge in [0, 0.05) is 19.5 Å². The highest BCUT2D eigenvalue weighted by Crippen LogP contribution is 2.29. The van der Waals surface area contributed by atoms with Crippen molar-refractivity contribution in [2.24, 2.45) is 5.92 Å². The van der Waals surface area contributed by atoms with Crippen LogP contribution in [0.2, 0.25) is 0 Å². The van der Waals surface area contributed by atoms with E-state index in [1.54, 1.807) is 31.3 Å². The van der Waals surface area contributed by atoms with Crippen LogP contribution in [0.1, 0.15) is 18.4 Å². The number of hydrogen-bond donors (Lipinski definition) is 1. The molecule has 0 heterocycles. The van der Waals surface area contributed by atoms with E-state index < -0.39 is 10.0 Å². The van der Waals surface area contributed by atoms with Gasteiger partial charge in [0.15, 0.2) is 0 Å². The highest BCUT2D eigenvalue weighted by molar-refractivity contribution is 7.89. The minimum Gasteiger partial charge on any atom is -0.393 e. The number of rotatable bonds is 6. The van der Waals surface area contributed by atoms with Crippen molar-refractivity contribution in [3.05, 3.63) is 29.8 Å². The zero-order chi connectivity index (χ0) is 14.8. The van der Waals surface area contributed by atoms with E-state index in [-0.39, 0.29) is 12.0 Å². The predicted octanol–water partition coefficient (Wildman–Crippen LogP) is 1.86. The maximum atomic E-state index is 12.4. The lowest BCUT2D eigenvalue weighted by atomic mass is 9.82. The third-order valence-corrected chi connectivity index (χ3v) is 5.77. The average Bonchev–Trinajstić information content (AvgIpc) is 2.38. The molecule has 1 N–H and O–H groups in total. The molecule has 1 saturated carbocycles. The Morgan fingerprint density at radius 1 is 1.30 bits per heavy atom. The van der Waals surface area contributed by atoms with Crippen LogP contribution in [0.15, 0.2) is 29.2 Å². The maximum absolute atomic E-state index is 12.4. The Hall–Kier alpha value is -0.620. The summed E-state index contributed by atoms with van der Waals surface area (Å²) in [5, 5.41) is 9.25. The molecule has 0 aliphatic heterocycles. The normalized spacial score (nSPS) is 22.8. The zero-order valence-electron chi connectivity index (χ0n) is 11.5. The fourth-order valence-corrected chi connectivity index (χ4v) is 3.89. The summed E-state index contributed by atoms with van der Waals surface area (Å²) in [6, 6.07) is 6.86. The molecule has 0 amide bonds. The quantitative estimate of drug-likeness (QED) is 0.815. The maximum Gasteiger partial charge on any atom is 0.242 e. The Morgan fingerprint density at radius 3 is 2.40 bits per heavy atom. The van der Waals surface area contributed by atoms with E-state index in [2.05, 4.69) is 0 Å². The molecule has 0 aromatic heterocycles. The first-order chi connectivity index (χ1) is 9.43. The summed E-state index contributed by atoms with van der Waals surface area (Å²) in [7, 11) is -1.85. The SMILES string of the molecule is CN(CC1CC(O)C1)S(=O)(=O)c1ccc(CCCl)cc1. The van der Waals surface area contributed by atoms with Crippen molar-refractivity contribution >= 4 is 21.6 Å². The van der Waals surface area contributed by atoms with E-state index in [1.807, 2.05) is 0 Å². The second kappa shape index (κ2) is 6.43. The summed E-state index contributed by atoms with van der Waals surface area (Å²) >= 11 is 5.66. The zero-order valence-corrected chi connectivity index (χ0v) is 13.1. The smallest absolute Gasteiger partial charge is 0.242 e. The first kappa shape index (κ1) is 15.8. The molecule has 2 rings (SSSR count). The molecule has 1 aliphatic rings. The Balaban J connectivity index is 2.04. The minimum atomic E-state index is -3.44. The lowest BCUT2D eigenvalue weighted by molar-refractivity contribution is 0.0367. The number of sulfonamides is 1. The Bertz CT molecular complexity index is 538. The number of aliphatic hydroxyl groups is 1. The summed E-state index contributed by atoms with van der Waals surface area (Å²) in [4.78, 5) is 0.304. The molecule has 1 aromatic carbocycles. The second-order valence-corrected chi connectivity index (χ2v) is 7.78. The van der Waals surface area contributed by atoms with E-state index in [9.17, 15) is 13.5 Å². The van der Waals surface area contributed by atoms with Crippen LogP contribution < -0.4 is 0 Å². The molecule has 112 valence electrons. The average molecular weight is 318 g/mol. The molecule has 1 aliphatic carbocycles. The molecule has 6 heteroatoms. The third kappa shape index (κ3) is 3.52. The molecular formula is C14H20ClNO3S. The van der Waals surface area contributed by atoms with Crippen molar-refractivity contribution in [1.29, 1.82) is 0 Å². The molecule has 0 spiro atoms. The van der Waals surface area contributed by atoms with Crippen molar-refractivity contribution in [2.45, 2.75) is 30.3 Å². The van der Waals surface area contributed by atoms with Gasteiger partial charge in [-0.25, -0.2) is 12.7 Å². The summed E-state index contributed by atoms with van der Waals surface area (Å²) in [5.41, 5.74) is 1.03. The third-order valence-electron chi connectivity index (χ3n) is 3.74. The molecule has 4 nitrogen and oxygen atoms in total. The monoisotopic (exact) mass is 317 g/mol. The first-order valence-electron chi connectivity index (χ1n) is 6.73. The van der Waals surface area contributed by atoms with Gasteiger partial charge in [-0.1, -0.05) is 12.1 Å². The summed E-state index contributed by atoms with van der Waals surface area (Å²) in [6.07, 6.45) is 1.85. The van der Waals surface area contributed by atoms with Crippen LogP contribution in [0.3, 0.4) is 0 Å². The Morgan fingerprint density at radius 2 is 1.90 bits per heavy atom. The summed E-state index contributed by atoms with van der Waals surface area (Å²) < 4.78 is 26.2. The fourth-order valence-electron chi connectivity index (χ4n) is 2.43. The molecule has 1 fully saturated rings. The summed E-state index contributed by atoms with van der Waals surface area (Å²) in [6.45, 7) is 0.461. The van der Waals surface area contributed by atoms with Gasteiger partial charge >= 0.3 is 0 Å². The van der Waals surface area contributed by atoms with E-state index in [4.69, 9.17) is 11.6 Å². The van der Waals surface area contributed by atoms with E-state index in [0.717, 1.165) is 12.0 Å². The van der Waals surface area contributed by atoms with Crippen molar-refractivity contribution in [2.75, 3.05) is 19.5 Å². The molecular weight excluding hydrogens is 298 g/mol. The van der Waals surface area contributed by atoms with Gasteiger partial charge in [-0.3, -0.25) is 0 Å². The largest absolute Gasteiger partial charge is 0.393 e. The molecule has 20 heavy (non-hydrogen) atoms. The number of nitrogens with zero attached hydrogens (tertiary/aromatic N) is 1. The molecule has 1 aromatic rings. The van der Waals surface area contributed by atoms with Crippen molar-refractivity contribution in [3.63, 3.8) is 0 Å². The molecule has 0 unspecified atom stereocenters. The van der Waals surface area contributed by atoms with Crippen molar-refractivity contribution in [3.8, 4) is 0 Å². The first-order valence-corrected chi connectivity index (χ1v) is 8.70. The van der Waals surface area contributed by atoms with Crippen LogP contribution >= 0.6 is 11.6 Å². The van der Waals surface area contributed by atoms with Crippen LogP contribution in [-0.2, 0) is 16.4 Å². The second-order valence-electron chi connectivity index (χ2n) is 5.36. The molecule has 0 saturated heterocycles. The number of halogens is 1. The lowest BCUT2D eigenvalue weighted by Gasteiger charge is -2.34. The van der Waals surface area contributed by atoms with Gasteiger partial charge < -0.3 is 5.11 Å². The van der Waals surface area contributed by atoms with Crippen LogP contribution in [0.4, 0.5) is 0 Å². The standard InChI is InChI=1S/C14H20ClNO3S/c1-16(10-12-8-13(17)9-12)20(18,19)14-4-2-11(3-5-14)6-7-15/h2-5,12-13,17H,6-10H2,1H3. The van der Waals surface area contributed by atoms with Gasteiger partial charge in [0.05, 0.1) is 11.0 Å². The van der Waals surface area contributed by atoms with E-state index >= 15 is 0 Å².